The van der Waals surface area contributed by atoms with E-state index in [0.717, 1.165) is 10.9 Å². The van der Waals surface area contributed by atoms with Gasteiger partial charge in [0.05, 0.1) is 19.1 Å². The van der Waals surface area contributed by atoms with Crippen LogP contribution in [0.3, 0.4) is 0 Å². The lowest BCUT2D eigenvalue weighted by atomic mass is 10.2. The fourth-order valence-electron chi connectivity index (χ4n) is 2.00. The number of para-hydroxylation sites is 1. The molecule has 1 aromatic carbocycles. The first-order chi connectivity index (χ1) is 8.70. The van der Waals surface area contributed by atoms with E-state index in [4.69, 9.17) is 4.74 Å². The summed E-state index contributed by atoms with van der Waals surface area (Å²) in [4.78, 5) is 11.3. The predicted octanol–water partition coefficient (Wildman–Crippen LogP) is 1.96. The standard InChI is InChI=1S/C14H17NO3/c1-2-18-14(17)9-12(16)10-15-8-7-11-5-3-4-6-13(11)15/h3-8,12,16H,2,9-10H2,1H3. The van der Waals surface area contributed by atoms with Crippen LogP contribution < -0.4 is 0 Å². The molecule has 0 aliphatic rings. The van der Waals surface area contributed by atoms with Gasteiger partial charge >= 0.3 is 5.97 Å². The number of esters is 1. The van der Waals surface area contributed by atoms with Gasteiger partial charge in [-0.15, -0.1) is 0 Å². The second kappa shape index (κ2) is 5.69. The predicted molar refractivity (Wildman–Crippen MR) is 69.2 cm³/mol. The SMILES string of the molecule is CCOC(=O)CC(O)Cn1ccc2ccccc21. The van der Waals surface area contributed by atoms with Crippen LogP contribution in [-0.2, 0) is 16.1 Å². The second-order valence-electron chi connectivity index (χ2n) is 4.19. The highest BCUT2D eigenvalue weighted by Crippen LogP contribution is 2.15. The molecule has 4 heteroatoms. The van der Waals surface area contributed by atoms with Crippen LogP contribution in [0.25, 0.3) is 10.9 Å². The van der Waals surface area contributed by atoms with Crippen LogP contribution in [0.5, 0.6) is 0 Å². The maximum atomic E-state index is 11.3. The first-order valence-corrected chi connectivity index (χ1v) is 6.08. The number of hydrogen-bond acceptors (Lipinski definition) is 3. The Hall–Kier alpha value is -1.81. The second-order valence-corrected chi connectivity index (χ2v) is 4.19. The van der Waals surface area contributed by atoms with E-state index in [9.17, 15) is 9.90 Å². The van der Waals surface area contributed by atoms with E-state index < -0.39 is 6.10 Å². The largest absolute Gasteiger partial charge is 0.466 e. The van der Waals surface area contributed by atoms with Crippen molar-refractivity contribution < 1.29 is 14.6 Å². The molecule has 1 atom stereocenters. The average molecular weight is 247 g/mol. The van der Waals surface area contributed by atoms with E-state index in [1.165, 1.54) is 0 Å². The Balaban J connectivity index is 2.03. The molecule has 0 fully saturated rings. The number of ether oxygens (including phenoxy) is 1. The normalized spacial score (nSPS) is 12.6. The Kier molecular flexibility index (Phi) is 3.99. The third-order valence-corrected chi connectivity index (χ3v) is 2.80. The topological polar surface area (TPSA) is 51.5 Å². The lowest BCUT2D eigenvalue weighted by Gasteiger charge is -2.12. The van der Waals surface area contributed by atoms with Gasteiger partial charge in [0.1, 0.15) is 0 Å². The molecule has 0 aliphatic carbocycles. The number of benzene rings is 1. The van der Waals surface area contributed by atoms with Gasteiger partial charge in [0.2, 0.25) is 0 Å². The van der Waals surface area contributed by atoms with Crippen molar-refractivity contribution in [3.05, 3.63) is 36.5 Å². The number of aromatic nitrogens is 1. The minimum absolute atomic E-state index is 0.0281. The molecule has 96 valence electrons. The molecule has 0 aliphatic heterocycles. The van der Waals surface area contributed by atoms with E-state index in [0.29, 0.717) is 13.2 Å². The average Bonchev–Trinajstić information content (AvgIpc) is 2.73. The molecule has 1 N–H and O–H groups in total. The molecule has 0 saturated carbocycles. The van der Waals surface area contributed by atoms with Gasteiger partial charge in [-0.1, -0.05) is 18.2 Å². The molecule has 0 amide bonds. The zero-order chi connectivity index (χ0) is 13.0. The van der Waals surface area contributed by atoms with E-state index >= 15 is 0 Å². The zero-order valence-electron chi connectivity index (χ0n) is 10.4. The first kappa shape index (κ1) is 12.6. The van der Waals surface area contributed by atoms with Crippen molar-refractivity contribution in [3.63, 3.8) is 0 Å². The lowest BCUT2D eigenvalue weighted by molar-refractivity contribution is -0.145. The minimum atomic E-state index is -0.722. The molecule has 0 saturated heterocycles. The Labute approximate surface area is 106 Å². The number of fused-ring (bicyclic) bond motifs is 1. The van der Waals surface area contributed by atoms with Crippen molar-refractivity contribution in [2.45, 2.75) is 26.0 Å². The molecule has 18 heavy (non-hydrogen) atoms. The molecular formula is C14H17NO3. The van der Waals surface area contributed by atoms with E-state index in [2.05, 4.69) is 0 Å². The summed E-state index contributed by atoms with van der Waals surface area (Å²) in [7, 11) is 0. The fraction of sp³-hybridized carbons (Fsp3) is 0.357. The van der Waals surface area contributed by atoms with Gasteiger partial charge in [0.15, 0.2) is 0 Å². The molecular weight excluding hydrogens is 230 g/mol. The fourth-order valence-corrected chi connectivity index (χ4v) is 2.00. The first-order valence-electron chi connectivity index (χ1n) is 6.08. The summed E-state index contributed by atoms with van der Waals surface area (Å²) in [5, 5.41) is 11.0. The number of nitrogens with zero attached hydrogens (tertiary/aromatic N) is 1. The smallest absolute Gasteiger partial charge is 0.308 e. The van der Waals surface area contributed by atoms with Crippen LogP contribution in [0.4, 0.5) is 0 Å². The van der Waals surface area contributed by atoms with Gasteiger partial charge in [-0.3, -0.25) is 4.79 Å². The van der Waals surface area contributed by atoms with Crippen molar-refractivity contribution >= 4 is 16.9 Å². The minimum Gasteiger partial charge on any atom is -0.466 e. The Morgan fingerprint density at radius 2 is 2.17 bits per heavy atom. The lowest BCUT2D eigenvalue weighted by Crippen LogP contribution is -2.20. The summed E-state index contributed by atoms with van der Waals surface area (Å²) < 4.78 is 6.75. The molecule has 4 nitrogen and oxygen atoms in total. The quantitative estimate of drug-likeness (QED) is 0.822. The van der Waals surface area contributed by atoms with Crippen molar-refractivity contribution in [3.8, 4) is 0 Å². The Morgan fingerprint density at radius 3 is 2.94 bits per heavy atom. The van der Waals surface area contributed by atoms with Gasteiger partial charge in [-0.05, 0) is 24.4 Å². The molecule has 1 heterocycles. The van der Waals surface area contributed by atoms with Gasteiger partial charge < -0.3 is 14.4 Å². The summed E-state index contributed by atoms with van der Waals surface area (Å²) in [5.74, 6) is -0.360. The molecule has 0 bridgehead atoms. The van der Waals surface area contributed by atoms with E-state index in [1.807, 2.05) is 41.1 Å². The van der Waals surface area contributed by atoms with Crippen molar-refractivity contribution in [1.82, 2.24) is 4.57 Å². The van der Waals surface area contributed by atoms with Gasteiger partial charge in [0, 0.05) is 18.3 Å². The number of aliphatic hydroxyl groups excluding tert-OH is 1. The van der Waals surface area contributed by atoms with Crippen LogP contribution in [0.2, 0.25) is 0 Å². The van der Waals surface area contributed by atoms with Crippen LogP contribution in [0, 0.1) is 0 Å². The monoisotopic (exact) mass is 247 g/mol. The number of carbonyl (C=O) groups excluding carboxylic acids is 1. The highest BCUT2D eigenvalue weighted by atomic mass is 16.5. The van der Waals surface area contributed by atoms with Crippen LogP contribution in [0.1, 0.15) is 13.3 Å². The zero-order valence-corrected chi connectivity index (χ0v) is 10.4. The van der Waals surface area contributed by atoms with Crippen molar-refractivity contribution in [2.75, 3.05) is 6.61 Å². The molecule has 2 rings (SSSR count). The number of aliphatic hydroxyl groups is 1. The van der Waals surface area contributed by atoms with E-state index in [-0.39, 0.29) is 12.4 Å². The number of carbonyl (C=O) groups is 1. The Morgan fingerprint density at radius 1 is 1.39 bits per heavy atom. The van der Waals surface area contributed by atoms with Crippen molar-refractivity contribution in [2.24, 2.45) is 0 Å². The summed E-state index contributed by atoms with van der Waals surface area (Å²) in [5.41, 5.74) is 1.06. The molecule has 1 aromatic heterocycles. The van der Waals surface area contributed by atoms with Crippen LogP contribution >= 0.6 is 0 Å². The molecule has 0 radical (unpaired) electrons. The van der Waals surface area contributed by atoms with Gasteiger partial charge in [-0.2, -0.15) is 0 Å². The third-order valence-electron chi connectivity index (χ3n) is 2.80. The van der Waals surface area contributed by atoms with Crippen LogP contribution in [0.15, 0.2) is 36.5 Å². The maximum absolute atomic E-state index is 11.3. The summed E-state index contributed by atoms with van der Waals surface area (Å²) in [6, 6.07) is 9.93. The van der Waals surface area contributed by atoms with E-state index in [1.54, 1.807) is 6.92 Å². The maximum Gasteiger partial charge on any atom is 0.308 e. The number of rotatable bonds is 5. The van der Waals surface area contributed by atoms with Gasteiger partial charge in [-0.25, -0.2) is 0 Å². The third kappa shape index (κ3) is 2.90. The molecule has 0 spiro atoms. The van der Waals surface area contributed by atoms with Crippen LogP contribution in [-0.4, -0.2) is 28.4 Å². The van der Waals surface area contributed by atoms with Gasteiger partial charge in [0.25, 0.3) is 0 Å². The van der Waals surface area contributed by atoms with Crippen molar-refractivity contribution in [1.29, 1.82) is 0 Å². The summed E-state index contributed by atoms with van der Waals surface area (Å²) >= 11 is 0. The highest BCUT2D eigenvalue weighted by Gasteiger charge is 2.13. The highest BCUT2D eigenvalue weighted by molar-refractivity contribution is 5.79. The summed E-state index contributed by atoms with van der Waals surface area (Å²) in [6.07, 6.45) is 1.22. The number of hydrogen-bond donors (Lipinski definition) is 1. The summed E-state index contributed by atoms with van der Waals surface area (Å²) in [6.45, 7) is 2.49. The Bertz CT molecular complexity index is 533. The molecule has 2 aromatic rings. The molecule has 1 unspecified atom stereocenters.